The molecular formula is C16H22BrNO5. The number of ether oxygens (including phenoxy) is 1. The normalized spacial score (nSPS) is 14.0. The van der Waals surface area contributed by atoms with E-state index < -0.39 is 5.97 Å². The molecule has 1 aromatic carbocycles. The van der Waals surface area contributed by atoms with E-state index in [1.165, 1.54) is 18.2 Å². The minimum Gasteiger partial charge on any atom is -0.507 e. The first kappa shape index (κ1) is 19.3. The van der Waals surface area contributed by atoms with Crippen LogP contribution < -0.4 is 0 Å². The first-order chi connectivity index (χ1) is 10.6. The molecule has 0 bridgehead atoms. The highest BCUT2D eigenvalue weighted by atomic mass is 79.9. The van der Waals surface area contributed by atoms with Crippen LogP contribution in [0.2, 0.25) is 0 Å². The number of hydrogen-bond acceptors (Lipinski definition) is 4. The van der Waals surface area contributed by atoms with Gasteiger partial charge in [-0.25, -0.2) is 9.59 Å². The van der Waals surface area contributed by atoms with Gasteiger partial charge in [0.15, 0.2) is 0 Å². The molecule has 0 atom stereocenters. The number of aromatic hydroxyl groups is 1. The predicted molar refractivity (Wildman–Crippen MR) is 89.8 cm³/mol. The van der Waals surface area contributed by atoms with Gasteiger partial charge in [0, 0.05) is 13.1 Å². The summed E-state index contributed by atoms with van der Waals surface area (Å²) in [6.07, 6.45) is 2.05. The minimum absolute atomic E-state index is 0.0370. The highest BCUT2D eigenvalue weighted by Gasteiger charge is 2.23. The van der Waals surface area contributed by atoms with E-state index in [9.17, 15) is 9.59 Å². The number of amides is 1. The molecule has 0 spiro atoms. The standard InChI is InChI=1S/C9H17NO2.C7H5BrO3/c1-9(2,3)12-8(11)10-6-4-5-7-10;8-5-3-4(7(10)11)1-2-6(5)9/h4-7H2,1-3H3;1-3,9H,(H,10,11). The zero-order valence-corrected chi connectivity index (χ0v) is 15.1. The van der Waals surface area contributed by atoms with Crippen molar-refractivity contribution in [2.75, 3.05) is 13.1 Å². The van der Waals surface area contributed by atoms with Crippen LogP contribution in [-0.4, -0.2) is 45.9 Å². The van der Waals surface area contributed by atoms with E-state index in [4.69, 9.17) is 14.9 Å². The summed E-state index contributed by atoms with van der Waals surface area (Å²) in [7, 11) is 0. The zero-order valence-electron chi connectivity index (χ0n) is 13.5. The highest BCUT2D eigenvalue weighted by Crippen LogP contribution is 2.24. The molecule has 2 N–H and O–H groups in total. The third-order valence-electron chi connectivity index (χ3n) is 2.95. The molecule has 1 fully saturated rings. The van der Waals surface area contributed by atoms with Crippen molar-refractivity contribution in [2.45, 2.75) is 39.2 Å². The summed E-state index contributed by atoms with van der Waals surface area (Å²) in [5.41, 5.74) is -0.214. The fourth-order valence-corrected chi connectivity index (χ4v) is 2.24. The molecule has 128 valence electrons. The van der Waals surface area contributed by atoms with E-state index >= 15 is 0 Å². The second kappa shape index (κ2) is 8.19. The molecular weight excluding hydrogens is 366 g/mol. The smallest absolute Gasteiger partial charge is 0.410 e. The van der Waals surface area contributed by atoms with E-state index in [1.54, 1.807) is 4.90 Å². The van der Waals surface area contributed by atoms with Crippen LogP contribution in [0.4, 0.5) is 4.79 Å². The summed E-state index contributed by atoms with van der Waals surface area (Å²) in [6.45, 7) is 7.38. The average Bonchev–Trinajstić information content (AvgIpc) is 2.94. The monoisotopic (exact) mass is 387 g/mol. The third-order valence-corrected chi connectivity index (χ3v) is 3.59. The van der Waals surface area contributed by atoms with Gasteiger partial charge in [-0.15, -0.1) is 0 Å². The number of phenolic OH excluding ortho intramolecular Hbond substituents is 1. The number of carbonyl (C=O) groups excluding carboxylic acids is 1. The van der Waals surface area contributed by atoms with Crippen LogP contribution in [0.15, 0.2) is 22.7 Å². The lowest BCUT2D eigenvalue weighted by molar-refractivity contribution is 0.0295. The fourth-order valence-electron chi connectivity index (χ4n) is 1.87. The van der Waals surface area contributed by atoms with Gasteiger partial charge in [0.25, 0.3) is 0 Å². The fraction of sp³-hybridized carbons (Fsp3) is 0.500. The van der Waals surface area contributed by atoms with Gasteiger partial charge in [0.05, 0.1) is 10.0 Å². The number of nitrogens with zero attached hydrogens (tertiary/aromatic N) is 1. The van der Waals surface area contributed by atoms with Gasteiger partial charge >= 0.3 is 12.1 Å². The molecule has 0 unspecified atom stereocenters. The van der Waals surface area contributed by atoms with Crippen molar-refractivity contribution in [2.24, 2.45) is 0 Å². The number of likely N-dealkylation sites (tertiary alicyclic amines) is 1. The van der Waals surface area contributed by atoms with E-state index in [-0.39, 0.29) is 23.0 Å². The van der Waals surface area contributed by atoms with Gasteiger partial charge in [-0.3, -0.25) is 0 Å². The molecule has 1 amide bonds. The van der Waals surface area contributed by atoms with Gasteiger partial charge in [-0.05, 0) is 67.7 Å². The molecule has 1 aliphatic heterocycles. The summed E-state index contributed by atoms with van der Waals surface area (Å²) < 4.78 is 5.60. The van der Waals surface area contributed by atoms with Crippen LogP contribution in [0, 0.1) is 0 Å². The van der Waals surface area contributed by atoms with Crippen LogP contribution in [0.5, 0.6) is 5.75 Å². The predicted octanol–water partition coefficient (Wildman–Crippen LogP) is 3.87. The lowest BCUT2D eigenvalue weighted by Crippen LogP contribution is -2.34. The molecule has 1 heterocycles. The Hall–Kier alpha value is -1.76. The maximum atomic E-state index is 11.4. The molecule has 2 rings (SSSR count). The van der Waals surface area contributed by atoms with E-state index in [1.807, 2.05) is 20.8 Å². The maximum absolute atomic E-state index is 11.4. The van der Waals surface area contributed by atoms with Gasteiger partial charge < -0.3 is 19.8 Å². The summed E-state index contributed by atoms with van der Waals surface area (Å²) in [4.78, 5) is 23.5. The molecule has 0 aromatic heterocycles. The van der Waals surface area contributed by atoms with Crippen LogP contribution in [0.1, 0.15) is 44.0 Å². The molecule has 0 aliphatic carbocycles. The average molecular weight is 388 g/mol. The van der Waals surface area contributed by atoms with Gasteiger partial charge in [-0.1, -0.05) is 0 Å². The first-order valence-electron chi connectivity index (χ1n) is 7.30. The number of aromatic carboxylic acids is 1. The molecule has 1 aromatic rings. The molecule has 6 nitrogen and oxygen atoms in total. The summed E-state index contributed by atoms with van der Waals surface area (Å²) in [6, 6.07) is 4.01. The van der Waals surface area contributed by atoms with Crippen molar-refractivity contribution in [3.63, 3.8) is 0 Å². The summed E-state index contributed by atoms with van der Waals surface area (Å²) in [5.74, 6) is -0.972. The van der Waals surface area contributed by atoms with Crippen molar-refractivity contribution in [3.05, 3.63) is 28.2 Å². The molecule has 7 heteroatoms. The van der Waals surface area contributed by atoms with Gasteiger partial charge in [0.1, 0.15) is 11.4 Å². The van der Waals surface area contributed by atoms with E-state index in [2.05, 4.69) is 15.9 Å². The van der Waals surface area contributed by atoms with Crippen molar-refractivity contribution in [3.8, 4) is 5.75 Å². The third kappa shape index (κ3) is 6.90. The van der Waals surface area contributed by atoms with Crippen LogP contribution in [0.3, 0.4) is 0 Å². The van der Waals surface area contributed by atoms with Crippen molar-refractivity contribution in [1.82, 2.24) is 4.90 Å². The second-order valence-electron chi connectivity index (χ2n) is 6.15. The summed E-state index contributed by atoms with van der Waals surface area (Å²) >= 11 is 3.00. The number of rotatable bonds is 1. The number of carbonyl (C=O) groups is 2. The Kier molecular flexibility index (Phi) is 6.87. The van der Waals surface area contributed by atoms with E-state index in [0.29, 0.717) is 4.47 Å². The zero-order chi connectivity index (χ0) is 17.6. The second-order valence-corrected chi connectivity index (χ2v) is 7.00. The van der Waals surface area contributed by atoms with Gasteiger partial charge in [-0.2, -0.15) is 0 Å². The quantitative estimate of drug-likeness (QED) is 0.763. The van der Waals surface area contributed by atoms with Crippen molar-refractivity contribution < 1.29 is 24.5 Å². The number of halogens is 1. The Balaban J connectivity index is 0.000000231. The molecule has 0 radical (unpaired) electrons. The molecule has 0 saturated carbocycles. The van der Waals surface area contributed by atoms with Crippen LogP contribution in [-0.2, 0) is 4.74 Å². The van der Waals surface area contributed by atoms with E-state index in [0.717, 1.165) is 25.9 Å². The lowest BCUT2D eigenvalue weighted by atomic mass is 10.2. The largest absolute Gasteiger partial charge is 0.507 e. The topological polar surface area (TPSA) is 87.1 Å². The number of hydrogen-bond donors (Lipinski definition) is 2. The number of benzene rings is 1. The Morgan fingerprint density at radius 1 is 1.22 bits per heavy atom. The molecule has 23 heavy (non-hydrogen) atoms. The Labute approximate surface area is 144 Å². The van der Waals surface area contributed by atoms with Crippen molar-refractivity contribution >= 4 is 28.0 Å². The molecule has 1 aliphatic rings. The highest BCUT2D eigenvalue weighted by molar-refractivity contribution is 9.10. The first-order valence-corrected chi connectivity index (χ1v) is 8.09. The van der Waals surface area contributed by atoms with Crippen LogP contribution in [0.25, 0.3) is 0 Å². The summed E-state index contributed by atoms with van der Waals surface area (Å²) in [5, 5.41) is 17.5. The lowest BCUT2D eigenvalue weighted by Gasteiger charge is -2.23. The number of carboxylic acids is 1. The van der Waals surface area contributed by atoms with Gasteiger partial charge in [0.2, 0.25) is 0 Å². The minimum atomic E-state index is -1.01. The Morgan fingerprint density at radius 2 is 1.78 bits per heavy atom. The van der Waals surface area contributed by atoms with Crippen LogP contribution >= 0.6 is 15.9 Å². The Morgan fingerprint density at radius 3 is 2.22 bits per heavy atom. The number of phenols is 1. The Bertz CT molecular complexity index is 562. The number of carboxylic acid groups (broad SMARTS) is 1. The molecule has 1 saturated heterocycles. The maximum Gasteiger partial charge on any atom is 0.410 e. The SMILES string of the molecule is CC(C)(C)OC(=O)N1CCCC1.O=C(O)c1ccc(O)c(Br)c1. The van der Waals surface area contributed by atoms with Crippen molar-refractivity contribution in [1.29, 1.82) is 0 Å².